The fourth-order valence-corrected chi connectivity index (χ4v) is 2.75. The van der Waals surface area contributed by atoms with Gasteiger partial charge in [0.05, 0.1) is 24.7 Å². The molecular formula is C21H19N5O3. The van der Waals surface area contributed by atoms with Crippen LogP contribution in [0.3, 0.4) is 0 Å². The lowest BCUT2D eigenvalue weighted by molar-refractivity contribution is -0.117. The van der Waals surface area contributed by atoms with Gasteiger partial charge in [0.25, 0.3) is 5.91 Å². The summed E-state index contributed by atoms with van der Waals surface area (Å²) < 4.78 is 5.15. The molecule has 0 bridgehead atoms. The van der Waals surface area contributed by atoms with E-state index in [0.29, 0.717) is 28.6 Å². The molecule has 146 valence electrons. The van der Waals surface area contributed by atoms with Gasteiger partial charge in [-0.2, -0.15) is 0 Å². The van der Waals surface area contributed by atoms with E-state index in [9.17, 15) is 9.59 Å². The van der Waals surface area contributed by atoms with Crippen LogP contribution in [0.5, 0.6) is 5.88 Å². The molecule has 2 amide bonds. The number of carbonyl (C=O) groups is 2. The second-order valence-corrected chi connectivity index (χ2v) is 6.67. The molecule has 0 atom stereocenters. The zero-order chi connectivity index (χ0) is 20.2. The Balaban J connectivity index is 1.49. The molecule has 1 saturated carbocycles. The Morgan fingerprint density at radius 1 is 1.10 bits per heavy atom. The van der Waals surface area contributed by atoms with Crippen molar-refractivity contribution in [2.24, 2.45) is 5.92 Å². The minimum Gasteiger partial charge on any atom is -0.481 e. The Morgan fingerprint density at radius 2 is 1.97 bits per heavy atom. The van der Waals surface area contributed by atoms with Gasteiger partial charge in [0.2, 0.25) is 11.8 Å². The number of rotatable bonds is 6. The Bertz CT molecular complexity index is 1070. The van der Waals surface area contributed by atoms with Gasteiger partial charge in [-0.3, -0.25) is 14.6 Å². The zero-order valence-electron chi connectivity index (χ0n) is 15.8. The molecule has 4 rings (SSSR count). The third-order valence-electron chi connectivity index (χ3n) is 4.45. The van der Waals surface area contributed by atoms with Gasteiger partial charge in [0.15, 0.2) is 0 Å². The highest BCUT2D eigenvalue weighted by Gasteiger charge is 2.29. The number of nitrogens with one attached hydrogen (secondary N) is 2. The first-order valence-corrected chi connectivity index (χ1v) is 9.17. The molecule has 3 aromatic heterocycles. The van der Waals surface area contributed by atoms with Gasteiger partial charge in [0.1, 0.15) is 5.82 Å². The summed E-state index contributed by atoms with van der Waals surface area (Å²) in [4.78, 5) is 37.2. The Morgan fingerprint density at radius 3 is 2.76 bits per heavy atom. The van der Waals surface area contributed by atoms with Crippen molar-refractivity contribution in [3.63, 3.8) is 0 Å². The molecule has 2 N–H and O–H groups in total. The molecule has 3 aromatic rings. The molecule has 0 spiro atoms. The van der Waals surface area contributed by atoms with Crippen molar-refractivity contribution in [2.45, 2.75) is 12.8 Å². The number of amides is 2. The summed E-state index contributed by atoms with van der Waals surface area (Å²) in [5, 5.41) is 5.55. The average Bonchev–Trinajstić information content (AvgIpc) is 3.60. The number of hydrogen-bond acceptors (Lipinski definition) is 6. The summed E-state index contributed by atoms with van der Waals surface area (Å²) in [6, 6.07) is 10.3. The third kappa shape index (κ3) is 4.55. The second kappa shape index (κ2) is 8.05. The first-order chi connectivity index (χ1) is 14.1. The predicted molar refractivity (Wildman–Crippen MR) is 108 cm³/mol. The first kappa shape index (κ1) is 18.5. The lowest BCUT2D eigenvalue weighted by Crippen LogP contribution is -2.16. The van der Waals surface area contributed by atoms with Gasteiger partial charge < -0.3 is 15.4 Å². The summed E-state index contributed by atoms with van der Waals surface area (Å²) in [5.74, 6) is 0.537. The molecule has 0 radical (unpaired) electrons. The van der Waals surface area contributed by atoms with Crippen LogP contribution >= 0.6 is 0 Å². The minimum atomic E-state index is -0.327. The molecule has 8 heteroatoms. The van der Waals surface area contributed by atoms with Gasteiger partial charge in [-0.1, -0.05) is 6.07 Å². The summed E-state index contributed by atoms with van der Waals surface area (Å²) in [5.41, 5.74) is 2.34. The van der Waals surface area contributed by atoms with Crippen LogP contribution < -0.4 is 15.4 Å². The lowest BCUT2D eigenvalue weighted by atomic mass is 10.1. The number of nitrogens with zero attached hydrogens (tertiary/aromatic N) is 3. The lowest BCUT2D eigenvalue weighted by Gasteiger charge is -2.09. The highest BCUT2D eigenvalue weighted by molar-refractivity contribution is 6.05. The van der Waals surface area contributed by atoms with Crippen molar-refractivity contribution < 1.29 is 14.3 Å². The van der Waals surface area contributed by atoms with Crippen molar-refractivity contribution in [2.75, 3.05) is 17.7 Å². The minimum absolute atomic E-state index is 0.0576. The summed E-state index contributed by atoms with van der Waals surface area (Å²) in [6.07, 6.45) is 6.51. The topological polar surface area (TPSA) is 106 Å². The molecule has 0 unspecified atom stereocenters. The molecule has 0 aromatic carbocycles. The number of anilines is 2. The van der Waals surface area contributed by atoms with Gasteiger partial charge in [-0.15, -0.1) is 0 Å². The van der Waals surface area contributed by atoms with Crippen LogP contribution in [0, 0.1) is 5.92 Å². The van der Waals surface area contributed by atoms with E-state index < -0.39 is 0 Å². The highest BCUT2D eigenvalue weighted by Crippen LogP contribution is 2.30. The van der Waals surface area contributed by atoms with Crippen LogP contribution in [0.15, 0.2) is 55.0 Å². The largest absolute Gasteiger partial charge is 0.481 e. The van der Waals surface area contributed by atoms with E-state index >= 15 is 0 Å². The van der Waals surface area contributed by atoms with Gasteiger partial charge in [-0.05, 0) is 37.1 Å². The molecule has 0 aliphatic heterocycles. The predicted octanol–water partition coefficient (Wildman–Crippen LogP) is 3.15. The maximum Gasteiger partial charge on any atom is 0.255 e. The van der Waals surface area contributed by atoms with E-state index in [1.165, 1.54) is 6.20 Å². The number of ether oxygens (including phenoxy) is 1. The van der Waals surface area contributed by atoms with Crippen molar-refractivity contribution in [1.82, 2.24) is 15.0 Å². The normalized spacial score (nSPS) is 12.9. The molecular weight excluding hydrogens is 370 g/mol. The monoisotopic (exact) mass is 389 g/mol. The Hall–Kier alpha value is -3.81. The maximum absolute atomic E-state index is 12.6. The molecule has 1 aliphatic rings. The first-order valence-electron chi connectivity index (χ1n) is 9.17. The number of carbonyl (C=O) groups excluding carboxylic acids is 2. The van der Waals surface area contributed by atoms with Crippen molar-refractivity contribution >= 4 is 23.3 Å². The SMILES string of the molecule is COc1cccc(-c2cncc(NC(=O)c3ccnc(NC(=O)C4CC4)c3)c2)n1. The molecule has 8 nitrogen and oxygen atoms in total. The van der Waals surface area contributed by atoms with E-state index in [4.69, 9.17) is 4.74 Å². The summed E-state index contributed by atoms with van der Waals surface area (Å²) in [7, 11) is 1.55. The van der Waals surface area contributed by atoms with Crippen molar-refractivity contribution in [1.29, 1.82) is 0 Å². The van der Waals surface area contributed by atoms with Gasteiger partial charge >= 0.3 is 0 Å². The molecule has 1 aliphatic carbocycles. The van der Waals surface area contributed by atoms with E-state index in [-0.39, 0.29) is 17.7 Å². The number of methoxy groups -OCH3 is 1. The molecule has 3 heterocycles. The van der Waals surface area contributed by atoms with Crippen LogP contribution in [-0.4, -0.2) is 33.9 Å². The maximum atomic E-state index is 12.6. The van der Waals surface area contributed by atoms with Crippen LogP contribution in [0.4, 0.5) is 11.5 Å². The second-order valence-electron chi connectivity index (χ2n) is 6.67. The molecule has 1 fully saturated rings. The smallest absolute Gasteiger partial charge is 0.255 e. The van der Waals surface area contributed by atoms with Crippen molar-refractivity contribution in [3.05, 3.63) is 60.6 Å². The van der Waals surface area contributed by atoms with E-state index in [1.54, 1.807) is 43.8 Å². The van der Waals surface area contributed by atoms with E-state index in [2.05, 4.69) is 25.6 Å². The summed E-state index contributed by atoms with van der Waals surface area (Å²) >= 11 is 0. The van der Waals surface area contributed by atoms with Crippen LogP contribution in [-0.2, 0) is 4.79 Å². The number of hydrogen-bond donors (Lipinski definition) is 2. The summed E-state index contributed by atoms with van der Waals surface area (Å²) in [6.45, 7) is 0. The van der Waals surface area contributed by atoms with Crippen LogP contribution in [0.1, 0.15) is 23.2 Å². The van der Waals surface area contributed by atoms with Crippen LogP contribution in [0.2, 0.25) is 0 Å². The fourth-order valence-electron chi connectivity index (χ4n) is 2.75. The highest BCUT2D eigenvalue weighted by atomic mass is 16.5. The van der Waals surface area contributed by atoms with Gasteiger partial charge in [-0.25, -0.2) is 9.97 Å². The standard InChI is InChI=1S/C21H19N5O3/c1-29-19-4-2-3-17(25-19)15-9-16(12-22-11-15)24-21(28)14-7-8-23-18(10-14)26-20(27)13-5-6-13/h2-4,7-13H,5-6H2,1H3,(H,24,28)(H,23,26,27). The van der Waals surface area contributed by atoms with Crippen molar-refractivity contribution in [3.8, 4) is 17.1 Å². The quantitative estimate of drug-likeness (QED) is 0.671. The Labute approximate surface area is 167 Å². The fraction of sp³-hybridized carbons (Fsp3) is 0.190. The van der Waals surface area contributed by atoms with E-state index in [0.717, 1.165) is 18.4 Å². The average molecular weight is 389 g/mol. The van der Waals surface area contributed by atoms with Crippen LogP contribution in [0.25, 0.3) is 11.3 Å². The number of pyridine rings is 3. The van der Waals surface area contributed by atoms with E-state index in [1.807, 2.05) is 12.1 Å². The molecule has 0 saturated heterocycles. The van der Waals surface area contributed by atoms with Gasteiger partial charge in [0, 0.05) is 35.5 Å². The third-order valence-corrected chi connectivity index (χ3v) is 4.45. The number of aromatic nitrogens is 3. The zero-order valence-corrected chi connectivity index (χ0v) is 15.8. The Kier molecular flexibility index (Phi) is 5.15. The molecule has 29 heavy (non-hydrogen) atoms.